The van der Waals surface area contributed by atoms with Gasteiger partial charge in [0.25, 0.3) is 0 Å². The van der Waals surface area contributed by atoms with Crippen LogP contribution in [-0.4, -0.2) is 29.8 Å². The molecule has 2 rings (SSSR count). The van der Waals surface area contributed by atoms with Crippen LogP contribution in [0.5, 0.6) is 5.75 Å². The second kappa shape index (κ2) is 7.76. The topological polar surface area (TPSA) is 43.4 Å². The van der Waals surface area contributed by atoms with Gasteiger partial charge in [-0.3, -0.25) is 4.98 Å². The first-order valence-electron chi connectivity index (χ1n) is 7.97. The van der Waals surface area contributed by atoms with Crippen molar-refractivity contribution in [1.82, 2.24) is 10.3 Å². The van der Waals surface area contributed by atoms with Crippen LogP contribution in [0.25, 0.3) is 0 Å². The lowest BCUT2D eigenvalue weighted by Gasteiger charge is -2.20. The Bertz CT molecular complexity index is 406. The number of aromatic nitrogens is 1. The maximum absolute atomic E-state index is 5.73. The van der Waals surface area contributed by atoms with Crippen molar-refractivity contribution in [3.05, 3.63) is 24.0 Å². The van der Waals surface area contributed by atoms with E-state index in [-0.39, 0.29) is 5.54 Å². The quantitative estimate of drug-likeness (QED) is 0.783. The Morgan fingerprint density at radius 2 is 2.24 bits per heavy atom. The van der Waals surface area contributed by atoms with Gasteiger partial charge in [-0.2, -0.15) is 0 Å². The Morgan fingerprint density at radius 1 is 1.38 bits per heavy atom. The highest BCUT2D eigenvalue weighted by Gasteiger charge is 2.14. The molecule has 2 heterocycles. The number of nitrogens with one attached hydrogen (secondary N) is 1. The second-order valence-corrected chi connectivity index (χ2v) is 6.71. The molecule has 0 aromatic carbocycles. The summed E-state index contributed by atoms with van der Waals surface area (Å²) < 4.78 is 11.3. The number of hydrogen-bond acceptors (Lipinski definition) is 4. The molecule has 21 heavy (non-hydrogen) atoms. The molecule has 1 aliphatic rings. The van der Waals surface area contributed by atoms with E-state index in [2.05, 4.69) is 31.1 Å². The van der Waals surface area contributed by atoms with E-state index in [4.69, 9.17) is 9.47 Å². The molecule has 0 saturated carbocycles. The summed E-state index contributed by atoms with van der Waals surface area (Å²) in [4.78, 5) is 4.43. The van der Waals surface area contributed by atoms with Crippen molar-refractivity contribution in [2.24, 2.45) is 0 Å². The summed E-state index contributed by atoms with van der Waals surface area (Å²) in [5.41, 5.74) is 1.15. The normalized spacial score (nSPS) is 18.9. The van der Waals surface area contributed by atoms with Gasteiger partial charge in [0.1, 0.15) is 5.75 Å². The van der Waals surface area contributed by atoms with E-state index in [9.17, 15) is 0 Å². The number of nitrogens with zero attached hydrogens (tertiary/aromatic N) is 1. The Balaban J connectivity index is 1.64. The lowest BCUT2D eigenvalue weighted by molar-refractivity contribution is 0.0981. The minimum Gasteiger partial charge on any atom is -0.492 e. The van der Waals surface area contributed by atoms with E-state index < -0.39 is 0 Å². The van der Waals surface area contributed by atoms with E-state index >= 15 is 0 Å². The highest BCUT2D eigenvalue weighted by Crippen LogP contribution is 2.17. The van der Waals surface area contributed by atoms with Gasteiger partial charge in [-0.15, -0.1) is 0 Å². The van der Waals surface area contributed by atoms with E-state index in [1.807, 2.05) is 18.3 Å². The Morgan fingerprint density at radius 3 is 2.86 bits per heavy atom. The average molecular weight is 292 g/mol. The smallest absolute Gasteiger partial charge is 0.137 e. The second-order valence-electron chi connectivity index (χ2n) is 6.71. The largest absolute Gasteiger partial charge is 0.492 e. The standard InChI is InChI=1S/C17H28N2O2/c1-17(2,3)19-12-14-8-9-16(13-18-14)21-11-5-7-15-6-4-10-20-15/h8-9,13,15,19H,4-7,10-12H2,1-3H3. The molecule has 0 spiro atoms. The number of hydrogen-bond donors (Lipinski definition) is 1. The summed E-state index contributed by atoms with van der Waals surface area (Å²) in [7, 11) is 0. The SMILES string of the molecule is CC(C)(C)NCc1ccc(OCCCC2CCCO2)cn1. The summed E-state index contributed by atoms with van der Waals surface area (Å²) in [6, 6.07) is 4.02. The van der Waals surface area contributed by atoms with Crippen LogP contribution in [0.3, 0.4) is 0 Å². The van der Waals surface area contributed by atoms with E-state index in [1.54, 1.807) is 0 Å². The first-order valence-corrected chi connectivity index (χ1v) is 7.97. The molecule has 1 atom stereocenters. The fourth-order valence-electron chi connectivity index (χ4n) is 2.33. The van der Waals surface area contributed by atoms with Crippen LogP contribution >= 0.6 is 0 Å². The number of ether oxygens (including phenoxy) is 2. The molecule has 1 N–H and O–H groups in total. The lowest BCUT2D eigenvalue weighted by atomic mass is 10.1. The van der Waals surface area contributed by atoms with Crippen molar-refractivity contribution >= 4 is 0 Å². The third kappa shape index (κ3) is 6.44. The maximum Gasteiger partial charge on any atom is 0.137 e. The monoisotopic (exact) mass is 292 g/mol. The fraction of sp³-hybridized carbons (Fsp3) is 0.706. The number of rotatable bonds is 7. The van der Waals surface area contributed by atoms with Gasteiger partial charge in [0, 0.05) is 18.7 Å². The van der Waals surface area contributed by atoms with Gasteiger partial charge >= 0.3 is 0 Å². The highest BCUT2D eigenvalue weighted by molar-refractivity contribution is 5.19. The molecule has 4 heteroatoms. The van der Waals surface area contributed by atoms with Gasteiger partial charge < -0.3 is 14.8 Å². The Labute approximate surface area is 128 Å². The predicted octanol–water partition coefficient (Wildman–Crippen LogP) is 3.31. The zero-order valence-electron chi connectivity index (χ0n) is 13.5. The Hall–Kier alpha value is -1.13. The maximum atomic E-state index is 5.73. The van der Waals surface area contributed by atoms with Crippen LogP contribution in [0, 0.1) is 0 Å². The fourth-order valence-corrected chi connectivity index (χ4v) is 2.33. The van der Waals surface area contributed by atoms with Gasteiger partial charge in [0.2, 0.25) is 0 Å². The van der Waals surface area contributed by atoms with Gasteiger partial charge in [-0.25, -0.2) is 0 Å². The van der Waals surface area contributed by atoms with Gasteiger partial charge in [-0.05, 0) is 58.6 Å². The predicted molar refractivity (Wildman–Crippen MR) is 84.5 cm³/mol. The minimum atomic E-state index is 0.110. The van der Waals surface area contributed by atoms with Crippen LogP contribution in [0.15, 0.2) is 18.3 Å². The van der Waals surface area contributed by atoms with E-state index in [0.29, 0.717) is 6.10 Å². The van der Waals surface area contributed by atoms with Crippen molar-refractivity contribution < 1.29 is 9.47 Å². The van der Waals surface area contributed by atoms with Crippen LogP contribution in [-0.2, 0) is 11.3 Å². The van der Waals surface area contributed by atoms with Crippen LogP contribution in [0.2, 0.25) is 0 Å². The highest BCUT2D eigenvalue weighted by atomic mass is 16.5. The molecular formula is C17H28N2O2. The first-order chi connectivity index (χ1) is 10.0. The van der Waals surface area contributed by atoms with Crippen molar-refractivity contribution in [3.8, 4) is 5.75 Å². The molecule has 0 aliphatic carbocycles. The van der Waals surface area contributed by atoms with Crippen molar-refractivity contribution in [3.63, 3.8) is 0 Å². The van der Waals surface area contributed by atoms with E-state index in [0.717, 1.165) is 44.0 Å². The zero-order valence-corrected chi connectivity index (χ0v) is 13.5. The molecule has 1 fully saturated rings. The number of pyridine rings is 1. The molecule has 0 radical (unpaired) electrons. The van der Waals surface area contributed by atoms with Crippen molar-refractivity contribution in [2.45, 2.75) is 64.6 Å². The summed E-state index contributed by atoms with van der Waals surface area (Å²) in [6.45, 7) is 8.90. The third-order valence-electron chi connectivity index (χ3n) is 3.56. The Kier molecular flexibility index (Phi) is 6.00. The van der Waals surface area contributed by atoms with Crippen molar-refractivity contribution in [2.75, 3.05) is 13.2 Å². The molecule has 0 amide bonds. The first kappa shape index (κ1) is 16.2. The lowest BCUT2D eigenvalue weighted by Crippen LogP contribution is -2.35. The minimum absolute atomic E-state index is 0.110. The molecule has 1 aromatic heterocycles. The van der Waals surface area contributed by atoms with Gasteiger partial charge in [0.05, 0.1) is 24.6 Å². The van der Waals surface area contributed by atoms with Crippen LogP contribution < -0.4 is 10.1 Å². The summed E-state index contributed by atoms with van der Waals surface area (Å²) >= 11 is 0. The molecule has 0 bridgehead atoms. The average Bonchev–Trinajstić information content (AvgIpc) is 2.95. The molecular weight excluding hydrogens is 264 g/mol. The molecule has 1 aromatic rings. The van der Waals surface area contributed by atoms with Gasteiger partial charge in [-0.1, -0.05) is 0 Å². The summed E-state index contributed by atoms with van der Waals surface area (Å²) in [5, 5.41) is 3.42. The van der Waals surface area contributed by atoms with Gasteiger partial charge in [0.15, 0.2) is 0 Å². The summed E-state index contributed by atoms with van der Waals surface area (Å²) in [5.74, 6) is 0.849. The van der Waals surface area contributed by atoms with Crippen LogP contribution in [0.1, 0.15) is 52.1 Å². The third-order valence-corrected chi connectivity index (χ3v) is 3.56. The summed E-state index contributed by atoms with van der Waals surface area (Å²) in [6.07, 6.45) is 6.82. The molecule has 4 nitrogen and oxygen atoms in total. The molecule has 118 valence electrons. The molecule has 1 saturated heterocycles. The van der Waals surface area contributed by atoms with Crippen molar-refractivity contribution in [1.29, 1.82) is 0 Å². The zero-order chi connectivity index (χ0) is 15.1. The molecule has 1 unspecified atom stereocenters. The molecule has 1 aliphatic heterocycles. The van der Waals surface area contributed by atoms with E-state index in [1.165, 1.54) is 12.8 Å². The van der Waals surface area contributed by atoms with Crippen LogP contribution in [0.4, 0.5) is 0 Å².